The van der Waals surface area contributed by atoms with Crippen LogP contribution >= 0.6 is 0 Å². The van der Waals surface area contributed by atoms with Gasteiger partial charge in [0.15, 0.2) is 17.3 Å². The van der Waals surface area contributed by atoms with Crippen LogP contribution < -0.4 is 34.3 Å². The van der Waals surface area contributed by atoms with Gasteiger partial charge in [0.1, 0.15) is 23.4 Å². The molecule has 1 aromatic heterocycles. The zero-order valence-electron chi connectivity index (χ0n) is 32.3. The number of fused-ring (bicyclic) bond motifs is 1. The second kappa shape index (κ2) is 19.4. The van der Waals surface area contributed by atoms with Crippen LogP contribution in [0.25, 0.3) is 22.6 Å². The molecule has 0 spiro atoms. The van der Waals surface area contributed by atoms with E-state index in [4.69, 9.17) is 28.2 Å². The lowest BCUT2D eigenvalue weighted by Crippen LogP contribution is -2.38. The Bertz CT molecular complexity index is 2100. The lowest BCUT2D eigenvalue weighted by molar-refractivity contribution is 0.0935. The van der Waals surface area contributed by atoms with Gasteiger partial charge in [-0.1, -0.05) is 30.5 Å². The first-order valence-corrected chi connectivity index (χ1v) is 18.8. The highest BCUT2D eigenvalue weighted by molar-refractivity contribution is 6.02. The fraction of sp³-hybridized carbons (Fsp3) is 0.349. The minimum atomic E-state index is -0.453. The van der Waals surface area contributed by atoms with E-state index in [0.29, 0.717) is 98.0 Å². The molecule has 1 amide bonds. The average molecular weight is 784 g/mol. The number of anilines is 1. The standard InChI is InChI=1S/C43H49N3O11/c1-52-32-10-11-35-33(20-32)43(51)45-42(44-35)26-9-12-37(31(15-26)24-49)55-13-7-5-4-6-8-14-56-41-39(53-2)18-27(19-40(41)54-3)36-21-38(57-46-36)28-16-29(22-47)34(25-50)30(17-28)23-48/h9-12,15-21,42,44,47-50H,4-8,13-14,22-25H2,1-3H3,(H,45,51). The predicted molar refractivity (Wildman–Crippen MR) is 212 cm³/mol. The number of ether oxygens (including phenoxy) is 5. The maximum atomic E-state index is 12.8. The molecule has 14 heteroatoms. The molecule has 1 aliphatic rings. The normalized spacial score (nSPS) is 13.4. The summed E-state index contributed by atoms with van der Waals surface area (Å²) in [4.78, 5) is 12.8. The van der Waals surface area contributed by atoms with Crippen LogP contribution in [0.5, 0.6) is 28.7 Å². The Labute approximate surface area is 330 Å². The quantitative estimate of drug-likeness (QED) is 0.0485. The number of carbonyl (C=O) groups excluding carboxylic acids is 1. The third-order valence-corrected chi connectivity index (χ3v) is 9.91. The smallest absolute Gasteiger partial charge is 0.255 e. The highest BCUT2D eigenvalue weighted by Gasteiger charge is 2.26. The van der Waals surface area contributed by atoms with Gasteiger partial charge in [0.2, 0.25) is 5.75 Å². The number of methoxy groups -OCH3 is 3. The average Bonchev–Trinajstić information content (AvgIpc) is 3.75. The van der Waals surface area contributed by atoms with Crippen molar-refractivity contribution in [2.24, 2.45) is 0 Å². The SMILES string of the molecule is COc1ccc2c(c1)C(=O)NC(c1ccc(OCCCCCCCOc3c(OC)cc(-c4cc(-c5cc(CO)c(CO)c(CO)c5)on4)cc3OC)c(CO)c1)N2. The van der Waals surface area contributed by atoms with Crippen LogP contribution in [0.2, 0.25) is 0 Å². The van der Waals surface area contributed by atoms with Gasteiger partial charge in [-0.25, -0.2) is 0 Å². The summed E-state index contributed by atoms with van der Waals surface area (Å²) in [7, 11) is 4.67. The van der Waals surface area contributed by atoms with Crippen molar-refractivity contribution in [3.05, 3.63) is 100 Å². The lowest BCUT2D eigenvalue weighted by Gasteiger charge is -2.29. The monoisotopic (exact) mass is 783 g/mol. The Morgan fingerprint density at radius 3 is 1.95 bits per heavy atom. The van der Waals surface area contributed by atoms with Gasteiger partial charge in [-0.15, -0.1) is 0 Å². The second-order valence-corrected chi connectivity index (χ2v) is 13.5. The van der Waals surface area contributed by atoms with E-state index < -0.39 is 6.17 Å². The predicted octanol–water partition coefficient (Wildman–Crippen LogP) is 6.27. The third-order valence-electron chi connectivity index (χ3n) is 9.91. The first-order chi connectivity index (χ1) is 27.8. The van der Waals surface area contributed by atoms with E-state index in [9.17, 15) is 25.2 Å². The number of amides is 1. The van der Waals surface area contributed by atoms with Crippen LogP contribution in [0.3, 0.4) is 0 Å². The van der Waals surface area contributed by atoms with Crippen molar-refractivity contribution in [3.63, 3.8) is 0 Å². The van der Waals surface area contributed by atoms with Crippen molar-refractivity contribution < 1.29 is 53.4 Å². The van der Waals surface area contributed by atoms with Gasteiger partial charge in [-0.2, -0.15) is 0 Å². The number of benzene rings is 4. The number of carbonyl (C=O) groups is 1. The Morgan fingerprint density at radius 1 is 0.649 bits per heavy atom. The zero-order chi connectivity index (χ0) is 40.3. The van der Waals surface area contributed by atoms with E-state index in [1.807, 2.05) is 24.3 Å². The largest absolute Gasteiger partial charge is 0.497 e. The molecule has 1 unspecified atom stereocenters. The van der Waals surface area contributed by atoms with Crippen molar-refractivity contribution in [1.82, 2.24) is 10.5 Å². The molecular weight excluding hydrogens is 734 g/mol. The minimum Gasteiger partial charge on any atom is -0.497 e. The molecule has 0 radical (unpaired) electrons. The van der Waals surface area contributed by atoms with Gasteiger partial charge in [0, 0.05) is 28.4 Å². The van der Waals surface area contributed by atoms with E-state index in [1.54, 1.807) is 63.8 Å². The van der Waals surface area contributed by atoms with Crippen molar-refractivity contribution in [1.29, 1.82) is 0 Å². The number of nitrogens with one attached hydrogen (secondary N) is 2. The van der Waals surface area contributed by atoms with Crippen molar-refractivity contribution in [3.8, 4) is 51.3 Å². The molecule has 302 valence electrons. The molecule has 0 fully saturated rings. The van der Waals surface area contributed by atoms with Crippen LogP contribution in [0.1, 0.15) is 76.4 Å². The van der Waals surface area contributed by atoms with E-state index in [1.165, 1.54) is 0 Å². The fourth-order valence-corrected chi connectivity index (χ4v) is 6.81. The second-order valence-electron chi connectivity index (χ2n) is 13.5. The molecule has 6 rings (SSSR count). The molecule has 0 saturated carbocycles. The summed E-state index contributed by atoms with van der Waals surface area (Å²) < 4.78 is 34.4. The molecule has 1 atom stereocenters. The number of rotatable bonds is 20. The summed E-state index contributed by atoms with van der Waals surface area (Å²) in [5.74, 6) is 2.87. The van der Waals surface area contributed by atoms with E-state index in [0.717, 1.165) is 37.7 Å². The van der Waals surface area contributed by atoms with E-state index in [2.05, 4.69) is 15.8 Å². The molecule has 4 aromatic carbocycles. The van der Waals surface area contributed by atoms with Crippen molar-refractivity contribution in [2.45, 2.75) is 64.7 Å². The molecule has 0 aliphatic carbocycles. The fourth-order valence-electron chi connectivity index (χ4n) is 6.81. The summed E-state index contributed by atoms with van der Waals surface area (Å²) in [5, 5.41) is 50.0. The Morgan fingerprint density at radius 2 is 1.32 bits per heavy atom. The molecule has 14 nitrogen and oxygen atoms in total. The molecule has 2 heterocycles. The summed E-state index contributed by atoms with van der Waals surface area (Å²) in [6, 6.07) is 19.6. The van der Waals surface area contributed by atoms with E-state index in [-0.39, 0.29) is 32.3 Å². The van der Waals surface area contributed by atoms with Gasteiger partial charge in [0.05, 0.1) is 66.5 Å². The van der Waals surface area contributed by atoms with E-state index >= 15 is 0 Å². The number of hydrogen-bond acceptors (Lipinski definition) is 13. The zero-order valence-corrected chi connectivity index (χ0v) is 32.3. The van der Waals surface area contributed by atoms with Crippen LogP contribution in [0, 0.1) is 0 Å². The minimum absolute atomic E-state index is 0.196. The molecule has 0 saturated heterocycles. The topological polar surface area (TPSA) is 194 Å². The van der Waals surface area contributed by atoms with Crippen LogP contribution in [-0.4, -0.2) is 66.0 Å². The number of nitrogens with zero attached hydrogens (tertiary/aromatic N) is 1. The number of unbranched alkanes of at least 4 members (excludes halogenated alkanes) is 4. The van der Waals surface area contributed by atoms with Crippen molar-refractivity contribution in [2.75, 3.05) is 39.9 Å². The molecule has 1 aliphatic heterocycles. The van der Waals surface area contributed by atoms with Crippen LogP contribution in [0.4, 0.5) is 5.69 Å². The number of aromatic nitrogens is 1. The number of aliphatic hydroxyl groups is 4. The van der Waals surface area contributed by atoms with Gasteiger partial charge >= 0.3 is 0 Å². The molecule has 0 bridgehead atoms. The van der Waals surface area contributed by atoms with Crippen LogP contribution in [-0.2, 0) is 26.4 Å². The molecular formula is C43H49N3O11. The molecule has 6 N–H and O–H groups in total. The highest BCUT2D eigenvalue weighted by Crippen LogP contribution is 2.42. The first-order valence-electron chi connectivity index (χ1n) is 18.8. The first kappa shape index (κ1) is 40.9. The Kier molecular flexibility index (Phi) is 13.9. The number of aliphatic hydroxyl groups excluding tert-OH is 4. The summed E-state index contributed by atoms with van der Waals surface area (Å²) >= 11 is 0. The van der Waals surface area contributed by atoms with Crippen LogP contribution in [0.15, 0.2) is 71.3 Å². The van der Waals surface area contributed by atoms with Crippen molar-refractivity contribution >= 4 is 11.6 Å². The summed E-state index contributed by atoms with van der Waals surface area (Å²) in [5.41, 5.74) is 5.93. The third kappa shape index (κ3) is 9.43. The summed E-state index contributed by atoms with van der Waals surface area (Å²) in [6.45, 7) is -0.136. The maximum absolute atomic E-state index is 12.8. The van der Waals surface area contributed by atoms with Gasteiger partial charge < -0.3 is 59.3 Å². The molecule has 57 heavy (non-hydrogen) atoms. The molecule has 5 aromatic rings. The number of hydrogen-bond donors (Lipinski definition) is 6. The van der Waals surface area contributed by atoms with Gasteiger partial charge in [0.25, 0.3) is 5.91 Å². The Balaban J connectivity index is 0.962. The lowest BCUT2D eigenvalue weighted by atomic mass is 9.97. The highest BCUT2D eigenvalue weighted by atomic mass is 16.5. The summed E-state index contributed by atoms with van der Waals surface area (Å²) in [6.07, 6.45) is 4.12. The Hall–Kier alpha value is -5.80. The maximum Gasteiger partial charge on any atom is 0.255 e. The van der Waals surface area contributed by atoms with Gasteiger partial charge in [-0.3, -0.25) is 4.79 Å². The van der Waals surface area contributed by atoms with Gasteiger partial charge in [-0.05, 0) is 89.7 Å².